The number of halogens is 2. The average molecular weight is 411 g/mol. The lowest BCUT2D eigenvalue weighted by molar-refractivity contribution is 0.355. The SMILES string of the molecule is CCNC(=NCCCF)Nc1ccc(OC)c(OC)c1.I. The van der Waals surface area contributed by atoms with E-state index in [1.165, 1.54) is 0 Å². The van der Waals surface area contributed by atoms with Gasteiger partial charge in [0, 0.05) is 24.8 Å². The molecule has 7 heteroatoms. The molecule has 1 rings (SSSR count). The molecular weight excluding hydrogens is 388 g/mol. The van der Waals surface area contributed by atoms with Crippen LogP contribution >= 0.6 is 24.0 Å². The van der Waals surface area contributed by atoms with Crippen LogP contribution in [0.2, 0.25) is 0 Å². The van der Waals surface area contributed by atoms with Crippen molar-refractivity contribution in [2.24, 2.45) is 4.99 Å². The Hall–Kier alpha value is -1.25. The first-order valence-corrected chi connectivity index (χ1v) is 6.58. The van der Waals surface area contributed by atoms with Gasteiger partial charge in [-0.3, -0.25) is 9.38 Å². The van der Waals surface area contributed by atoms with E-state index in [0.29, 0.717) is 30.4 Å². The van der Waals surface area contributed by atoms with Gasteiger partial charge in [-0.15, -0.1) is 24.0 Å². The Kier molecular flexibility index (Phi) is 10.7. The quantitative estimate of drug-likeness (QED) is 0.314. The molecule has 0 aromatic heterocycles. The van der Waals surface area contributed by atoms with E-state index in [1.54, 1.807) is 14.2 Å². The maximum atomic E-state index is 12.1. The molecule has 5 nitrogen and oxygen atoms in total. The van der Waals surface area contributed by atoms with Gasteiger partial charge in [0.25, 0.3) is 0 Å². The number of ether oxygens (including phenoxy) is 2. The number of guanidine groups is 1. The van der Waals surface area contributed by atoms with Crippen LogP contribution < -0.4 is 20.1 Å². The highest BCUT2D eigenvalue weighted by molar-refractivity contribution is 14.0. The normalized spacial score (nSPS) is 10.6. The van der Waals surface area contributed by atoms with E-state index in [0.717, 1.165) is 12.2 Å². The lowest BCUT2D eigenvalue weighted by Gasteiger charge is -2.13. The summed E-state index contributed by atoms with van der Waals surface area (Å²) in [6.07, 6.45) is 0.419. The first kappa shape index (κ1) is 19.8. The van der Waals surface area contributed by atoms with Crippen LogP contribution in [0.15, 0.2) is 23.2 Å². The standard InChI is InChI=1S/C14H22FN3O2.HI/c1-4-16-14(17-9-5-8-15)18-11-6-7-12(19-2)13(10-11)20-3;/h6-7,10H,4-5,8-9H2,1-3H3,(H2,16,17,18);1H. The van der Waals surface area contributed by atoms with E-state index in [-0.39, 0.29) is 30.7 Å². The second-order valence-corrected chi connectivity index (χ2v) is 4.00. The lowest BCUT2D eigenvalue weighted by atomic mass is 10.3. The minimum absolute atomic E-state index is 0. The number of rotatable bonds is 7. The number of benzene rings is 1. The first-order chi connectivity index (χ1) is 9.74. The molecule has 0 atom stereocenters. The maximum Gasteiger partial charge on any atom is 0.195 e. The predicted molar refractivity (Wildman–Crippen MR) is 95.2 cm³/mol. The molecule has 0 saturated carbocycles. The van der Waals surface area contributed by atoms with Gasteiger partial charge in [-0.05, 0) is 25.5 Å². The van der Waals surface area contributed by atoms with Crippen LogP contribution in [0.1, 0.15) is 13.3 Å². The lowest BCUT2D eigenvalue weighted by Crippen LogP contribution is -2.30. The number of alkyl halides is 1. The van der Waals surface area contributed by atoms with Crippen LogP contribution in [0.5, 0.6) is 11.5 Å². The van der Waals surface area contributed by atoms with Crippen molar-refractivity contribution in [2.75, 3.05) is 39.3 Å². The minimum atomic E-state index is -0.362. The van der Waals surface area contributed by atoms with E-state index >= 15 is 0 Å². The van der Waals surface area contributed by atoms with Gasteiger partial charge in [0.05, 0.1) is 20.9 Å². The topological polar surface area (TPSA) is 54.9 Å². The minimum Gasteiger partial charge on any atom is -0.493 e. The molecule has 0 aliphatic heterocycles. The summed E-state index contributed by atoms with van der Waals surface area (Å²) in [5.74, 6) is 1.92. The summed E-state index contributed by atoms with van der Waals surface area (Å²) in [5, 5.41) is 6.25. The number of aliphatic imine (C=N–C) groups is 1. The smallest absolute Gasteiger partial charge is 0.195 e. The molecule has 1 aromatic carbocycles. The third-order valence-electron chi connectivity index (χ3n) is 2.55. The van der Waals surface area contributed by atoms with Gasteiger partial charge in [0.2, 0.25) is 0 Å². The van der Waals surface area contributed by atoms with Crippen LogP contribution in [-0.2, 0) is 0 Å². The largest absolute Gasteiger partial charge is 0.493 e. The van der Waals surface area contributed by atoms with Crippen LogP contribution in [0.25, 0.3) is 0 Å². The van der Waals surface area contributed by atoms with Crippen molar-refractivity contribution < 1.29 is 13.9 Å². The fraction of sp³-hybridized carbons (Fsp3) is 0.500. The van der Waals surface area contributed by atoms with Crippen LogP contribution in [0.3, 0.4) is 0 Å². The number of hydrogen-bond donors (Lipinski definition) is 2. The fourth-order valence-electron chi connectivity index (χ4n) is 1.61. The van der Waals surface area contributed by atoms with Crippen molar-refractivity contribution in [1.29, 1.82) is 0 Å². The molecule has 1 aromatic rings. The molecule has 0 bridgehead atoms. The van der Waals surface area contributed by atoms with Crippen molar-refractivity contribution in [1.82, 2.24) is 5.32 Å². The van der Waals surface area contributed by atoms with Gasteiger partial charge in [0.1, 0.15) is 0 Å². The van der Waals surface area contributed by atoms with E-state index in [9.17, 15) is 4.39 Å². The molecule has 0 saturated heterocycles. The molecule has 0 radical (unpaired) electrons. The van der Waals surface area contributed by atoms with Crippen molar-refractivity contribution in [3.8, 4) is 11.5 Å². The summed E-state index contributed by atoms with van der Waals surface area (Å²) in [6, 6.07) is 5.50. The van der Waals surface area contributed by atoms with Gasteiger partial charge >= 0.3 is 0 Å². The number of nitrogens with zero attached hydrogens (tertiary/aromatic N) is 1. The molecule has 0 aliphatic carbocycles. The molecule has 0 fully saturated rings. The van der Waals surface area contributed by atoms with Gasteiger partial charge in [-0.25, -0.2) is 0 Å². The summed E-state index contributed by atoms with van der Waals surface area (Å²) in [6.45, 7) is 2.79. The molecule has 0 amide bonds. The molecule has 21 heavy (non-hydrogen) atoms. The Bertz CT molecular complexity index is 444. The zero-order valence-corrected chi connectivity index (χ0v) is 14.9. The maximum absolute atomic E-state index is 12.1. The van der Waals surface area contributed by atoms with E-state index in [2.05, 4.69) is 15.6 Å². The van der Waals surface area contributed by atoms with Gasteiger partial charge in [0.15, 0.2) is 17.5 Å². The summed E-state index contributed by atoms with van der Waals surface area (Å²) in [4.78, 5) is 4.28. The Labute approximate surface area is 142 Å². The van der Waals surface area contributed by atoms with E-state index < -0.39 is 0 Å². The first-order valence-electron chi connectivity index (χ1n) is 6.58. The zero-order valence-electron chi connectivity index (χ0n) is 12.6. The third kappa shape index (κ3) is 6.83. The fourth-order valence-corrected chi connectivity index (χ4v) is 1.61. The van der Waals surface area contributed by atoms with Crippen molar-refractivity contribution in [3.63, 3.8) is 0 Å². The molecule has 0 spiro atoms. The molecule has 0 heterocycles. The molecule has 0 aliphatic rings. The van der Waals surface area contributed by atoms with Crippen molar-refractivity contribution >= 4 is 35.6 Å². The third-order valence-corrected chi connectivity index (χ3v) is 2.55. The highest BCUT2D eigenvalue weighted by Crippen LogP contribution is 2.29. The highest BCUT2D eigenvalue weighted by atomic mass is 127. The van der Waals surface area contributed by atoms with Crippen molar-refractivity contribution in [2.45, 2.75) is 13.3 Å². The molecule has 120 valence electrons. The zero-order chi connectivity index (χ0) is 14.8. The monoisotopic (exact) mass is 411 g/mol. The number of methoxy groups -OCH3 is 2. The number of anilines is 1. The highest BCUT2D eigenvalue weighted by Gasteiger charge is 2.06. The Balaban J connectivity index is 0.00000400. The Morgan fingerprint density at radius 1 is 1.24 bits per heavy atom. The number of nitrogens with one attached hydrogen (secondary N) is 2. The molecule has 2 N–H and O–H groups in total. The second-order valence-electron chi connectivity index (χ2n) is 4.00. The number of hydrogen-bond acceptors (Lipinski definition) is 3. The van der Waals surface area contributed by atoms with E-state index in [4.69, 9.17) is 9.47 Å². The summed E-state index contributed by atoms with van der Waals surface area (Å²) < 4.78 is 22.5. The molecular formula is C14H23FIN3O2. The van der Waals surface area contributed by atoms with E-state index in [1.807, 2.05) is 25.1 Å². The summed E-state index contributed by atoms with van der Waals surface area (Å²) in [5.41, 5.74) is 0.822. The van der Waals surface area contributed by atoms with Crippen molar-refractivity contribution in [3.05, 3.63) is 18.2 Å². The second kappa shape index (κ2) is 11.4. The van der Waals surface area contributed by atoms with Gasteiger partial charge in [-0.1, -0.05) is 0 Å². The van der Waals surface area contributed by atoms with Gasteiger partial charge in [-0.2, -0.15) is 0 Å². The van der Waals surface area contributed by atoms with Gasteiger partial charge < -0.3 is 20.1 Å². The molecule has 0 unspecified atom stereocenters. The van der Waals surface area contributed by atoms with Crippen LogP contribution in [-0.4, -0.2) is 39.9 Å². The summed E-state index contributed by atoms with van der Waals surface area (Å²) in [7, 11) is 3.18. The predicted octanol–water partition coefficient (Wildman–Crippen LogP) is 3.06. The van der Waals surface area contributed by atoms with Crippen LogP contribution in [0.4, 0.5) is 10.1 Å². The van der Waals surface area contributed by atoms with Crippen LogP contribution in [0, 0.1) is 0 Å². The average Bonchev–Trinajstić information content (AvgIpc) is 2.47. The Morgan fingerprint density at radius 2 is 1.95 bits per heavy atom. The summed E-state index contributed by atoms with van der Waals surface area (Å²) >= 11 is 0. The Morgan fingerprint density at radius 3 is 2.52 bits per heavy atom.